The molecule has 2 rings (SSSR count). The van der Waals surface area contributed by atoms with Crippen molar-refractivity contribution < 1.29 is 22.7 Å². The highest BCUT2D eigenvalue weighted by molar-refractivity contribution is 9.10. The second-order valence-corrected chi connectivity index (χ2v) is 8.02. The smallest absolute Gasteiger partial charge is 0.339 e. The molecule has 0 aliphatic carbocycles. The lowest BCUT2D eigenvalue weighted by Gasteiger charge is -2.09. The molecule has 0 heterocycles. The fourth-order valence-corrected chi connectivity index (χ4v) is 2.97. The van der Waals surface area contributed by atoms with Crippen LogP contribution in [0.25, 0.3) is 0 Å². The molecule has 0 aliphatic heterocycles. The molecule has 1 amide bonds. The molecule has 0 bridgehead atoms. The number of amides is 1. The van der Waals surface area contributed by atoms with Crippen molar-refractivity contribution in [2.75, 3.05) is 6.61 Å². The minimum absolute atomic E-state index is 0.0537. The zero-order chi connectivity index (χ0) is 19.3. The highest BCUT2D eigenvalue weighted by atomic mass is 79.9. The van der Waals surface area contributed by atoms with Crippen LogP contribution in [0.5, 0.6) is 0 Å². The Morgan fingerprint density at radius 1 is 1.15 bits per heavy atom. The third kappa shape index (κ3) is 5.80. The fourth-order valence-electron chi connectivity index (χ4n) is 1.90. The number of hydrogen-bond acceptors (Lipinski definition) is 5. The number of rotatable bonds is 6. The molecule has 2 aromatic rings. The van der Waals surface area contributed by atoms with Gasteiger partial charge in [0.1, 0.15) is 0 Å². The van der Waals surface area contributed by atoms with E-state index in [1.807, 2.05) is 0 Å². The third-order valence-corrected chi connectivity index (χ3v) is 5.08. The van der Waals surface area contributed by atoms with E-state index >= 15 is 0 Å². The van der Waals surface area contributed by atoms with Crippen molar-refractivity contribution in [3.8, 4) is 0 Å². The first-order valence-corrected chi connectivity index (χ1v) is 9.89. The normalized spacial score (nSPS) is 11.0. The van der Waals surface area contributed by atoms with Gasteiger partial charge in [-0.25, -0.2) is 18.4 Å². The zero-order valence-electron chi connectivity index (χ0n) is 13.2. The lowest BCUT2D eigenvalue weighted by atomic mass is 10.2. The summed E-state index contributed by atoms with van der Waals surface area (Å²) in [6.45, 7) is -0.267. The Hall–Kier alpha value is -1.94. The Morgan fingerprint density at radius 2 is 1.81 bits per heavy atom. The number of carbonyl (C=O) groups excluding carboxylic acids is 2. The van der Waals surface area contributed by atoms with E-state index in [-0.39, 0.29) is 17.0 Å². The summed E-state index contributed by atoms with van der Waals surface area (Å²) in [5, 5.41) is 8.21. The van der Waals surface area contributed by atoms with Crippen LogP contribution in [0.4, 0.5) is 0 Å². The number of ether oxygens (including phenoxy) is 1. The molecule has 0 atom stereocenters. The number of benzene rings is 2. The van der Waals surface area contributed by atoms with Crippen molar-refractivity contribution in [2.45, 2.75) is 11.4 Å². The van der Waals surface area contributed by atoms with Crippen molar-refractivity contribution in [3.63, 3.8) is 0 Å². The maximum atomic E-state index is 12.1. The first-order chi connectivity index (χ1) is 12.2. The van der Waals surface area contributed by atoms with Gasteiger partial charge in [-0.1, -0.05) is 23.7 Å². The van der Waals surface area contributed by atoms with Gasteiger partial charge in [-0.2, -0.15) is 0 Å². The number of halogens is 2. The van der Waals surface area contributed by atoms with Crippen molar-refractivity contribution in [1.82, 2.24) is 5.32 Å². The van der Waals surface area contributed by atoms with Gasteiger partial charge in [0, 0.05) is 16.0 Å². The van der Waals surface area contributed by atoms with Gasteiger partial charge in [0.25, 0.3) is 5.91 Å². The zero-order valence-corrected chi connectivity index (χ0v) is 16.4. The minimum Gasteiger partial charge on any atom is -0.452 e. The van der Waals surface area contributed by atoms with E-state index in [4.69, 9.17) is 21.5 Å². The molecular weight excluding hydrogens is 448 g/mol. The molecule has 10 heteroatoms. The number of esters is 1. The average molecular weight is 462 g/mol. The summed E-state index contributed by atoms with van der Waals surface area (Å²) in [7, 11) is -3.97. The first kappa shape index (κ1) is 20.4. The molecule has 0 aromatic heterocycles. The predicted molar refractivity (Wildman–Crippen MR) is 99.1 cm³/mol. The molecule has 3 N–H and O–H groups in total. The maximum Gasteiger partial charge on any atom is 0.339 e. The lowest BCUT2D eigenvalue weighted by molar-refractivity contribution is -0.124. The van der Waals surface area contributed by atoms with E-state index in [1.165, 1.54) is 12.1 Å². The van der Waals surface area contributed by atoms with E-state index in [1.54, 1.807) is 24.3 Å². The van der Waals surface area contributed by atoms with Crippen LogP contribution in [0.1, 0.15) is 15.9 Å². The summed E-state index contributed by atoms with van der Waals surface area (Å²) in [4.78, 5) is 23.6. The molecule has 2 aromatic carbocycles. The summed E-state index contributed by atoms with van der Waals surface area (Å²) < 4.78 is 28.0. The molecule has 0 spiro atoms. The third-order valence-electron chi connectivity index (χ3n) is 3.22. The molecule has 0 saturated carbocycles. The van der Waals surface area contributed by atoms with Gasteiger partial charge in [-0.15, -0.1) is 0 Å². The number of primary sulfonamides is 1. The van der Waals surface area contributed by atoms with Crippen molar-refractivity contribution in [2.24, 2.45) is 5.14 Å². The van der Waals surface area contributed by atoms with Crippen LogP contribution < -0.4 is 10.5 Å². The molecular formula is C16H14BrClN2O5S. The standard InChI is InChI=1S/C16H14BrClN2O5S/c17-14-6-5-12(26(19,23)24)7-13(14)16(22)25-9-15(21)20-8-10-1-3-11(18)4-2-10/h1-7H,8-9H2,(H,20,21)(H2,19,23,24). The molecule has 26 heavy (non-hydrogen) atoms. The van der Waals surface area contributed by atoms with Crippen LogP contribution >= 0.6 is 27.5 Å². The highest BCUT2D eigenvalue weighted by Gasteiger charge is 2.17. The van der Waals surface area contributed by atoms with Crippen molar-refractivity contribution in [1.29, 1.82) is 0 Å². The van der Waals surface area contributed by atoms with Crippen LogP contribution in [0.3, 0.4) is 0 Å². The topological polar surface area (TPSA) is 116 Å². The van der Waals surface area contributed by atoms with E-state index in [2.05, 4.69) is 21.2 Å². The van der Waals surface area contributed by atoms with Gasteiger partial charge in [-0.05, 0) is 51.8 Å². The number of nitrogens with one attached hydrogen (secondary N) is 1. The Labute approximate surface area is 163 Å². The Bertz CT molecular complexity index is 932. The van der Waals surface area contributed by atoms with Gasteiger partial charge >= 0.3 is 5.97 Å². The van der Waals surface area contributed by atoms with Crippen molar-refractivity contribution in [3.05, 3.63) is 63.1 Å². The number of carbonyl (C=O) groups is 2. The molecule has 0 aliphatic rings. The lowest BCUT2D eigenvalue weighted by Crippen LogP contribution is -2.28. The second kappa shape index (κ2) is 8.63. The minimum atomic E-state index is -3.97. The van der Waals surface area contributed by atoms with E-state index in [0.29, 0.717) is 9.50 Å². The largest absolute Gasteiger partial charge is 0.452 e. The van der Waals surface area contributed by atoms with Crippen LogP contribution in [-0.2, 0) is 26.1 Å². The van der Waals surface area contributed by atoms with Gasteiger partial charge in [-0.3, -0.25) is 4.79 Å². The average Bonchev–Trinajstić information content (AvgIpc) is 2.58. The van der Waals surface area contributed by atoms with Crippen molar-refractivity contribution >= 4 is 49.4 Å². The SMILES string of the molecule is NS(=O)(=O)c1ccc(Br)c(C(=O)OCC(=O)NCc2ccc(Cl)cc2)c1. The number of nitrogens with two attached hydrogens (primary N) is 1. The van der Waals surface area contributed by atoms with Gasteiger partial charge < -0.3 is 10.1 Å². The molecule has 0 unspecified atom stereocenters. The van der Waals surface area contributed by atoms with Gasteiger partial charge in [0.15, 0.2) is 6.61 Å². The van der Waals surface area contributed by atoms with Crippen LogP contribution in [-0.4, -0.2) is 26.9 Å². The summed E-state index contributed by atoms with van der Waals surface area (Å²) in [5.74, 6) is -1.36. The number of sulfonamides is 1. The Balaban J connectivity index is 1.93. The predicted octanol–water partition coefficient (Wildman–Crippen LogP) is 2.22. The van der Waals surface area contributed by atoms with Gasteiger partial charge in [0.2, 0.25) is 10.0 Å². The molecule has 0 radical (unpaired) electrons. The quantitative estimate of drug-likeness (QED) is 0.640. The molecule has 138 valence electrons. The fraction of sp³-hybridized carbons (Fsp3) is 0.125. The summed E-state index contributed by atoms with van der Waals surface area (Å²) in [6, 6.07) is 10.6. The maximum absolute atomic E-state index is 12.1. The number of hydrogen-bond donors (Lipinski definition) is 2. The summed E-state index contributed by atoms with van der Waals surface area (Å²) >= 11 is 8.90. The van der Waals surface area contributed by atoms with Gasteiger partial charge in [0.05, 0.1) is 10.5 Å². The summed E-state index contributed by atoms with van der Waals surface area (Å²) in [6.07, 6.45) is 0. The highest BCUT2D eigenvalue weighted by Crippen LogP contribution is 2.21. The Kier molecular flexibility index (Phi) is 6.76. The molecule has 0 saturated heterocycles. The van der Waals surface area contributed by atoms with E-state index < -0.39 is 28.5 Å². The summed E-state index contributed by atoms with van der Waals surface area (Å²) in [5.41, 5.74) is 0.778. The molecule has 0 fully saturated rings. The van der Waals surface area contributed by atoms with Crippen LogP contribution in [0, 0.1) is 0 Å². The molecule has 7 nitrogen and oxygen atoms in total. The monoisotopic (exact) mass is 460 g/mol. The second-order valence-electron chi connectivity index (χ2n) is 5.17. The first-order valence-electron chi connectivity index (χ1n) is 7.17. The van der Waals surface area contributed by atoms with E-state index in [9.17, 15) is 18.0 Å². The Morgan fingerprint density at radius 3 is 2.42 bits per heavy atom. The van der Waals surface area contributed by atoms with E-state index in [0.717, 1.165) is 11.6 Å². The van der Waals surface area contributed by atoms with Crippen LogP contribution in [0.2, 0.25) is 5.02 Å². The van der Waals surface area contributed by atoms with Crippen LogP contribution in [0.15, 0.2) is 51.8 Å².